The number of hydrogen-bond acceptors (Lipinski definition) is 4. The van der Waals surface area contributed by atoms with Gasteiger partial charge in [0.05, 0.1) is 5.56 Å². The molecule has 1 aliphatic carbocycles. The van der Waals surface area contributed by atoms with Crippen molar-refractivity contribution in [3.8, 4) is 0 Å². The van der Waals surface area contributed by atoms with Crippen LogP contribution in [0.4, 0.5) is 0 Å². The number of aryl methyl sites for hydroxylation is 1. The first kappa shape index (κ1) is 21.2. The van der Waals surface area contributed by atoms with Crippen molar-refractivity contribution in [3.05, 3.63) is 38.7 Å². The summed E-state index contributed by atoms with van der Waals surface area (Å²) in [5.41, 5.74) is -0.444. The fourth-order valence-corrected chi connectivity index (χ4v) is 3.51. The molecule has 0 unspecified atom stereocenters. The highest BCUT2D eigenvalue weighted by Crippen LogP contribution is 2.24. The Morgan fingerprint density at radius 3 is 2.44 bits per heavy atom. The summed E-state index contributed by atoms with van der Waals surface area (Å²) < 4.78 is 2.40. The summed E-state index contributed by atoms with van der Waals surface area (Å²) in [5.74, 6) is 0.474. The number of hydrogen-bond donors (Lipinski definition) is 0. The van der Waals surface area contributed by atoms with Crippen LogP contribution in [0.3, 0.4) is 0 Å². The number of carbonyl (C=O) groups excluding carboxylic acids is 1. The number of aromatic nitrogens is 2. The van der Waals surface area contributed by atoms with Gasteiger partial charge in [-0.25, -0.2) is 4.79 Å². The molecule has 7 nitrogen and oxygen atoms in total. The van der Waals surface area contributed by atoms with Crippen molar-refractivity contribution < 1.29 is 4.79 Å². The van der Waals surface area contributed by atoms with Gasteiger partial charge in [-0.3, -0.25) is 14.2 Å². The Morgan fingerprint density at radius 2 is 1.81 bits per heavy atom. The van der Waals surface area contributed by atoms with Gasteiger partial charge in [0.25, 0.3) is 5.56 Å². The zero-order chi connectivity index (χ0) is 20.0. The average molecular weight is 377 g/mol. The number of amides is 1. The number of rotatable bonds is 7. The molecule has 0 aromatic carbocycles. The molecule has 1 aromatic rings. The smallest absolute Gasteiger partial charge is 0.330 e. The Labute approximate surface area is 160 Å². The minimum atomic E-state index is -0.394. The Bertz CT molecular complexity index is 785. The molecule has 0 radical (unpaired) electrons. The molecule has 0 N–H and O–H groups in total. The van der Waals surface area contributed by atoms with Crippen LogP contribution >= 0.6 is 0 Å². The molecular formula is C20H32N4O3. The first-order valence-electron chi connectivity index (χ1n) is 9.68. The summed E-state index contributed by atoms with van der Waals surface area (Å²) >= 11 is 0. The van der Waals surface area contributed by atoms with Gasteiger partial charge in [0.1, 0.15) is 0 Å². The molecule has 1 aliphatic rings. The molecule has 7 heteroatoms. The normalized spacial score (nSPS) is 15.6. The summed E-state index contributed by atoms with van der Waals surface area (Å²) in [5, 5.41) is 0. The molecule has 1 fully saturated rings. The lowest BCUT2D eigenvalue weighted by Gasteiger charge is -2.30. The van der Waals surface area contributed by atoms with Crippen LogP contribution in [0.25, 0.3) is 6.08 Å². The van der Waals surface area contributed by atoms with Crippen LogP contribution in [0.15, 0.2) is 21.9 Å². The quantitative estimate of drug-likeness (QED) is 0.668. The highest BCUT2D eigenvalue weighted by molar-refractivity contribution is 5.91. The van der Waals surface area contributed by atoms with Gasteiger partial charge in [-0.15, -0.1) is 0 Å². The third-order valence-electron chi connectivity index (χ3n) is 5.21. The maximum Gasteiger partial charge on any atom is 0.330 e. The van der Waals surface area contributed by atoms with Gasteiger partial charge in [0.15, 0.2) is 0 Å². The second kappa shape index (κ2) is 9.69. The van der Waals surface area contributed by atoms with Gasteiger partial charge < -0.3 is 14.4 Å². The van der Waals surface area contributed by atoms with Gasteiger partial charge in [-0.1, -0.05) is 19.3 Å². The monoisotopic (exact) mass is 376 g/mol. The van der Waals surface area contributed by atoms with Crippen molar-refractivity contribution in [1.82, 2.24) is 18.9 Å². The van der Waals surface area contributed by atoms with E-state index in [-0.39, 0.29) is 11.6 Å². The first-order chi connectivity index (χ1) is 12.8. The van der Waals surface area contributed by atoms with Gasteiger partial charge >= 0.3 is 5.69 Å². The van der Waals surface area contributed by atoms with Crippen molar-refractivity contribution in [2.45, 2.75) is 32.1 Å². The third-order valence-corrected chi connectivity index (χ3v) is 5.21. The van der Waals surface area contributed by atoms with E-state index >= 15 is 0 Å². The molecule has 1 saturated carbocycles. The minimum Gasteiger partial charge on any atom is -0.338 e. The number of likely N-dealkylation sites (N-methyl/N-ethyl adjacent to an activating group) is 1. The van der Waals surface area contributed by atoms with Crippen LogP contribution in [0.2, 0.25) is 0 Å². The van der Waals surface area contributed by atoms with Crippen LogP contribution in [0.1, 0.15) is 37.7 Å². The Kier molecular flexibility index (Phi) is 7.59. The molecule has 2 rings (SSSR count). The molecule has 0 aliphatic heterocycles. The van der Waals surface area contributed by atoms with Crippen LogP contribution in [0.5, 0.6) is 0 Å². The Balaban J connectivity index is 2.15. The lowest BCUT2D eigenvalue weighted by atomic mass is 9.89. The van der Waals surface area contributed by atoms with Crippen molar-refractivity contribution in [2.24, 2.45) is 20.0 Å². The Morgan fingerprint density at radius 1 is 1.15 bits per heavy atom. The fourth-order valence-electron chi connectivity index (χ4n) is 3.51. The lowest BCUT2D eigenvalue weighted by Crippen LogP contribution is -2.39. The van der Waals surface area contributed by atoms with Crippen LogP contribution in [-0.4, -0.2) is 58.6 Å². The van der Waals surface area contributed by atoms with Gasteiger partial charge in [-0.05, 0) is 38.9 Å². The average Bonchev–Trinajstić information content (AvgIpc) is 2.65. The Hall–Kier alpha value is -2.15. The van der Waals surface area contributed by atoms with E-state index in [1.54, 1.807) is 7.05 Å². The maximum absolute atomic E-state index is 12.8. The zero-order valence-electron chi connectivity index (χ0n) is 17.0. The lowest BCUT2D eigenvalue weighted by molar-refractivity contribution is -0.126. The zero-order valence-corrected chi connectivity index (χ0v) is 17.0. The second-order valence-electron chi connectivity index (χ2n) is 7.77. The summed E-state index contributed by atoms with van der Waals surface area (Å²) in [7, 11) is 7.02. The predicted molar refractivity (Wildman–Crippen MR) is 108 cm³/mol. The van der Waals surface area contributed by atoms with E-state index in [9.17, 15) is 14.4 Å². The second-order valence-corrected chi connectivity index (χ2v) is 7.77. The van der Waals surface area contributed by atoms with Gasteiger partial charge in [0, 0.05) is 46.0 Å². The summed E-state index contributed by atoms with van der Waals surface area (Å²) in [4.78, 5) is 40.7. The van der Waals surface area contributed by atoms with Crippen LogP contribution in [0, 0.1) is 5.92 Å². The molecule has 1 heterocycles. The summed E-state index contributed by atoms with van der Waals surface area (Å²) in [6.07, 6.45) is 10.6. The SMILES string of the molecule is CN(C)CCN(CC1CCCCC1)C(=O)/C=C/c1cn(C)c(=O)n(C)c1=O. The van der Waals surface area contributed by atoms with E-state index in [0.717, 1.165) is 17.7 Å². The highest BCUT2D eigenvalue weighted by atomic mass is 16.2. The van der Waals surface area contributed by atoms with E-state index in [1.165, 1.54) is 62.1 Å². The predicted octanol–water partition coefficient (Wildman–Crippen LogP) is 1.07. The minimum absolute atomic E-state index is 0.0849. The van der Waals surface area contributed by atoms with Gasteiger partial charge in [-0.2, -0.15) is 0 Å². The molecule has 150 valence electrons. The fraction of sp³-hybridized carbons (Fsp3) is 0.650. The largest absolute Gasteiger partial charge is 0.338 e. The van der Waals surface area contributed by atoms with E-state index in [0.29, 0.717) is 18.0 Å². The van der Waals surface area contributed by atoms with Crippen molar-refractivity contribution in [2.75, 3.05) is 33.7 Å². The third kappa shape index (κ3) is 5.92. The first-order valence-corrected chi connectivity index (χ1v) is 9.68. The number of nitrogens with zero attached hydrogens (tertiary/aromatic N) is 4. The van der Waals surface area contributed by atoms with Crippen molar-refractivity contribution in [1.29, 1.82) is 0 Å². The van der Waals surface area contributed by atoms with E-state index < -0.39 is 5.56 Å². The van der Waals surface area contributed by atoms with E-state index in [4.69, 9.17) is 0 Å². The summed E-state index contributed by atoms with van der Waals surface area (Å²) in [6, 6.07) is 0. The number of carbonyl (C=O) groups is 1. The van der Waals surface area contributed by atoms with Crippen molar-refractivity contribution >= 4 is 12.0 Å². The van der Waals surface area contributed by atoms with Crippen LogP contribution in [-0.2, 0) is 18.9 Å². The van der Waals surface area contributed by atoms with Crippen molar-refractivity contribution in [3.63, 3.8) is 0 Å². The molecule has 0 spiro atoms. The standard InChI is InChI=1S/C20H32N4O3/c1-21(2)12-13-24(14-16-8-6-5-7-9-16)18(25)11-10-17-15-22(3)20(27)23(4)19(17)26/h10-11,15-16H,5-9,12-14H2,1-4H3/b11-10+. The molecule has 1 aromatic heterocycles. The molecule has 0 saturated heterocycles. The molecule has 0 bridgehead atoms. The molecule has 0 atom stereocenters. The van der Waals surface area contributed by atoms with Gasteiger partial charge in [0.2, 0.25) is 5.91 Å². The molecular weight excluding hydrogens is 344 g/mol. The highest BCUT2D eigenvalue weighted by Gasteiger charge is 2.20. The molecule has 27 heavy (non-hydrogen) atoms. The van der Waals surface area contributed by atoms with E-state index in [2.05, 4.69) is 4.90 Å². The van der Waals surface area contributed by atoms with Crippen LogP contribution < -0.4 is 11.2 Å². The van der Waals surface area contributed by atoms with E-state index in [1.807, 2.05) is 19.0 Å². The maximum atomic E-state index is 12.8. The summed E-state index contributed by atoms with van der Waals surface area (Å²) in [6.45, 7) is 2.23. The topological polar surface area (TPSA) is 67.5 Å². The molecule has 1 amide bonds.